The monoisotopic (exact) mass is 279 g/mol. The van der Waals surface area contributed by atoms with Crippen LogP contribution in [0.5, 0.6) is 5.75 Å². The number of nitrogens with one attached hydrogen (secondary N) is 1. The Hall–Kier alpha value is -1.06. The van der Waals surface area contributed by atoms with Crippen molar-refractivity contribution in [3.05, 3.63) is 29.8 Å². The summed E-state index contributed by atoms with van der Waals surface area (Å²) in [5.74, 6) is 0.940. The molecule has 20 heavy (non-hydrogen) atoms. The molecule has 3 heteroatoms. The number of hydrogen-bond acceptors (Lipinski definition) is 3. The van der Waals surface area contributed by atoms with Gasteiger partial charge in [-0.2, -0.15) is 0 Å². The van der Waals surface area contributed by atoms with Gasteiger partial charge in [0.2, 0.25) is 0 Å². The molecule has 0 spiro atoms. The van der Waals surface area contributed by atoms with Crippen LogP contribution in [0.3, 0.4) is 0 Å². The molecule has 114 valence electrons. The summed E-state index contributed by atoms with van der Waals surface area (Å²) in [6.07, 6.45) is 2.24. The molecule has 3 nitrogen and oxygen atoms in total. The molecular weight excluding hydrogens is 250 g/mol. The fourth-order valence-electron chi connectivity index (χ4n) is 2.34. The van der Waals surface area contributed by atoms with Gasteiger partial charge >= 0.3 is 0 Å². The van der Waals surface area contributed by atoms with E-state index in [9.17, 15) is 0 Å². The van der Waals surface area contributed by atoms with Gasteiger partial charge in [-0.15, -0.1) is 0 Å². The van der Waals surface area contributed by atoms with E-state index in [0.29, 0.717) is 0 Å². The van der Waals surface area contributed by atoms with Crippen LogP contribution in [0.4, 0.5) is 0 Å². The first-order chi connectivity index (χ1) is 9.76. The summed E-state index contributed by atoms with van der Waals surface area (Å²) in [7, 11) is 0. The van der Waals surface area contributed by atoms with Crippen LogP contribution in [0.2, 0.25) is 0 Å². The lowest BCUT2D eigenvalue weighted by Crippen LogP contribution is -2.33. The molecule has 1 rings (SSSR count). The van der Waals surface area contributed by atoms with Crippen molar-refractivity contribution >= 4 is 0 Å². The highest BCUT2D eigenvalue weighted by atomic mass is 16.5. The average molecular weight is 279 g/mol. The molecule has 2 unspecified atom stereocenters. The standard InChI is InChI=1S/C17H29NO2/c1-5-13-20-15-11-9-14(10-12-15)17(18-7-3)16(6-2)19-8-4/h9-12,16-18H,5-8,13H2,1-4H3. The van der Waals surface area contributed by atoms with Gasteiger partial charge in [0.25, 0.3) is 0 Å². The Bertz CT molecular complexity index is 351. The molecule has 0 radical (unpaired) electrons. The minimum atomic E-state index is 0.211. The number of benzene rings is 1. The number of hydrogen-bond donors (Lipinski definition) is 1. The summed E-state index contributed by atoms with van der Waals surface area (Å²) >= 11 is 0. The van der Waals surface area contributed by atoms with Crippen LogP contribution in [0, 0.1) is 0 Å². The third kappa shape index (κ3) is 5.14. The molecule has 0 amide bonds. The molecule has 0 saturated carbocycles. The normalized spacial score (nSPS) is 14.0. The second-order valence-corrected chi connectivity index (χ2v) is 4.85. The van der Waals surface area contributed by atoms with Crippen molar-refractivity contribution in [1.82, 2.24) is 5.32 Å². The molecule has 0 bridgehead atoms. The van der Waals surface area contributed by atoms with Crippen molar-refractivity contribution < 1.29 is 9.47 Å². The van der Waals surface area contributed by atoms with Gasteiger partial charge in [-0.1, -0.05) is 32.9 Å². The van der Waals surface area contributed by atoms with Crippen LogP contribution in [0.25, 0.3) is 0 Å². The van der Waals surface area contributed by atoms with Crippen molar-refractivity contribution in [2.24, 2.45) is 0 Å². The Labute approximate surface area is 123 Å². The zero-order chi connectivity index (χ0) is 14.8. The van der Waals surface area contributed by atoms with E-state index in [1.165, 1.54) is 5.56 Å². The molecule has 0 aliphatic rings. The number of likely N-dealkylation sites (N-methyl/N-ethyl adjacent to an activating group) is 1. The van der Waals surface area contributed by atoms with E-state index in [-0.39, 0.29) is 12.1 Å². The second-order valence-electron chi connectivity index (χ2n) is 4.85. The summed E-state index contributed by atoms with van der Waals surface area (Å²) in [4.78, 5) is 0. The van der Waals surface area contributed by atoms with Crippen LogP contribution in [0.1, 0.15) is 52.1 Å². The van der Waals surface area contributed by atoms with Gasteiger partial charge in [0.05, 0.1) is 18.8 Å². The van der Waals surface area contributed by atoms with Gasteiger partial charge < -0.3 is 14.8 Å². The van der Waals surface area contributed by atoms with Gasteiger partial charge in [0, 0.05) is 6.61 Å². The van der Waals surface area contributed by atoms with Gasteiger partial charge in [-0.25, -0.2) is 0 Å². The second kappa shape index (κ2) is 9.78. The number of ether oxygens (including phenoxy) is 2. The van der Waals surface area contributed by atoms with E-state index in [1.807, 2.05) is 19.1 Å². The summed E-state index contributed by atoms with van der Waals surface area (Å²) in [6, 6.07) is 8.62. The molecule has 2 atom stereocenters. The van der Waals surface area contributed by atoms with E-state index < -0.39 is 0 Å². The summed E-state index contributed by atoms with van der Waals surface area (Å²) in [5.41, 5.74) is 1.26. The first-order valence-electron chi connectivity index (χ1n) is 7.84. The van der Waals surface area contributed by atoms with Crippen LogP contribution in [0.15, 0.2) is 24.3 Å². The van der Waals surface area contributed by atoms with Crippen LogP contribution in [-0.2, 0) is 4.74 Å². The highest BCUT2D eigenvalue weighted by Crippen LogP contribution is 2.24. The fourth-order valence-corrected chi connectivity index (χ4v) is 2.34. The Kier molecular flexibility index (Phi) is 8.31. The van der Waals surface area contributed by atoms with Gasteiger partial charge in [0.15, 0.2) is 0 Å². The Morgan fingerprint density at radius 3 is 2.25 bits per heavy atom. The topological polar surface area (TPSA) is 30.5 Å². The van der Waals surface area contributed by atoms with E-state index in [2.05, 4.69) is 38.2 Å². The van der Waals surface area contributed by atoms with E-state index in [0.717, 1.165) is 38.3 Å². The van der Waals surface area contributed by atoms with Crippen LogP contribution in [-0.4, -0.2) is 25.9 Å². The number of rotatable bonds is 10. The van der Waals surface area contributed by atoms with E-state index >= 15 is 0 Å². The summed E-state index contributed by atoms with van der Waals surface area (Å²) in [5, 5.41) is 3.53. The largest absolute Gasteiger partial charge is 0.494 e. The van der Waals surface area contributed by atoms with Gasteiger partial charge in [-0.05, 0) is 44.0 Å². The summed E-state index contributed by atoms with van der Waals surface area (Å²) in [6.45, 7) is 10.9. The van der Waals surface area contributed by atoms with Gasteiger partial charge in [0.1, 0.15) is 5.75 Å². The molecule has 0 aliphatic carbocycles. The molecule has 0 fully saturated rings. The first kappa shape index (κ1) is 17.0. The van der Waals surface area contributed by atoms with Crippen molar-refractivity contribution in [2.45, 2.75) is 52.7 Å². The molecule has 0 heterocycles. The first-order valence-corrected chi connectivity index (χ1v) is 7.84. The molecular formula is C17H29NO2. The molecule has 0 saturated heterocycles. The maximum atomic E-state index is 5.86. The van der Waals surface area contributed by atoms with E-state index in [4.69, 9.17) is 9.47 Å². The van der Waals surface area contributed by atoms with Crippen molar-refractivity contribution in [3.63, 3.8) is 0 Å². The smallest absolute Gasteiger partial charge is 0.119 e. The summed E-state index contributed by atoms with van der Waals surface area (Å²) < 4.78 is 11.5. The van der Waals surface area contributed by atoms with Crippen LogP contribution < -0.4 is 10.1 Å². The van der Waals surface area contributed by atoms with Crippen LogP contribution >= 0.6 is 0 Å². The third-order valence-corrected chi connectivity index (χ3v) is 3.29. The Morgan fingerprint density at radius 2 is 1.75 bits per heavy atom. The quantitative estimate of drug-likeness (QED) is 0.703. The van der Waals surface area contributed by atoms with E-state index in [1.54, 1.807) is 0 Å². The zero-order valence-electron chi connectivity index (χ0n) is 13.3. The highest BCUT2D eigenvalue weighted by molar-refractivity contribution is 5.29. The average Bonchev–Trinajstić information content (AvgIpc) is 2.49. The molecule has 0 aromatic heterocycles. The predicted molar refractivity (Wildman–Crippen MR) is 84.4 cm³/mol. The molecule has 0 aliphatic heterocycles. The van der Waals surface area contributed by atoms with Crippen molar-refractivity contribution in [1.29, 1.82) is 0 Å². The highest BCUT2D eigenvalue weighted by Gasteiger charge is 2.21. The van der Waals surface area contributed by atoms with Crippen molar-refractivity contribution in [2.75, 3.05) is 19.8 Å². The zero-order valence-corrected chi connectivity index (χ0v) is 13.3. The lowest BCUT2D eigenvalue weighted by molar-refractivity contribution is 0.0318. The molecule has 1 aromatic carbocycles. The Morgan fingerprint density at radius 1 is 1.05 bits per heavy atom. The van der Waals surface area contributed by atoms with Gasteiger partial charge in [-0.3, -0.25) is 0 Å². The fraction of sp³-hybridized carbons (Fsp3) is 0.647. The predicted octanol–water partition coefficient (Wildman–Crippen LogP) is 3.94. The Balaban J connectivity index is 2.79. The lowest BCUT2D eigenvalue weighted by Gasteiger charge is -2.27. The van der Waals surface area contributed by atoms with Crippen molar-refractivity contribution in [3.8, 4) is 5.75 Å². The SMILES string of the molecule is CCCOc1ccc(C(NCC)C(CC)OCC)cc1. The molecule has 1 N–H and O–H groups in total. The minimum absolute atomic E-state index is 0.211. The maximum absolute atomic E-state index is 5.86. The third-order valence-electron chi connectivity index (χ3n) is 3.29. The lowest BCUT2D eigenvalue weighted by atomic mass is 9.99. The molecule has 1 aromatic rings. The maximum Gasteiger partial charge on any atom is 0.119 e. The minimum Gasteiger partial charge on any atom is -0.494 e.